The lowest BCUT2D eigenvalue weighted by Gasteiger charge is -2.17. The predicted octanol–water partition coefficient (Wildman–Crippen LogP) is 2.58. The maximum absolute atomic E-state index is 12.1. The predicted molar refractivity (Wildman–Crippen MR) is 76.9 cm³/mol. The van der Waals surface area contributed by atoms with Crippen molar-refractivity contribution >= 4 is 28.8 Å². The minimum Gasteiger partial charge on any atom is -0.420 e. The number of hydrogen-bond donors (Lipinski definition) is 0. The zero-order chi connectivity index (χ0) is 14.9. The Morgan fingerprint density at radius 2 is 1.90 bits per heavy atom. The van der Waals surface area contributed by atoms with Gasteiger partial charge in [-0.15, -0.1) is 11.3 Å². The summed E-state index contributed by atoms with van der Waals surface area (Å²) in [6, 6.07) is 5.33. The number of aryl methyl sites for hydroxylation is 1. The van der Waals surface area contributed by atoms with Crippen molar-refractivity contribution in [1.82, 2.24) is 0 Å². The topological polar surface area (TPSA) is 67.6 Å². The first kappa shape index (κ1) is 14.2. The minimum atomic E-state index is -0.696. The molecule has 0 saturated heterocycles. The van der Waals surface area contributed by atoms with Gasteiger partial charge in [-0.2, -0.15) is 0 Å². The molecule has 0 aliphatic heterocycles. The summed E-state index contributed by atoms with van der Waals surface area (Å²) in [6.07, 6.45) is 0. The molecule has 2 aromatic heterocycles. The van der Waals surface area contributed by atoms with Gasteiger partial charge in [0.1, 0.15) is 11.4 Å². The molecule has 0 spiro atoms. The summed E-state index contributed by atoms with van der Waals surface area (Å²) in [6.45, 7) is 4.13. The molecule has 5 nitrogen and oxygen atoms in total. The van der Waals surface area contributed by atoms with Gasteiger partial charge in [0, 0.05) is 13.8 Å². The largest absolute Gasteiger partial charge is 0.420 e. The molecule has 0 fully saturated rings. The maximum atomic E-state index is 12.1. The summed E-state index contributed by atoms with van der Waals surface area (Å²) in [5.74, 6) is -0.605. The molecule has 0 saturated carbocycles. The van der Waals surface area contributed by atoms with Gasteiger partial charge in [-0.05, 0) is 30.0 Å². The molecule has 20 heavy (non-hydrogen) atoms. The molecule has 2 aromatic rings. The fraction of sp³-hybridized carbons (Fsp3) is 0.214. The Balaban J connectivity index is 2.60. The van der Waals surface area contributed by atoms with Crippen LogP contribution in [-0.2, 0) is 9.59 Å². The molecule has 0 radical (unpaired) electrons. The number of carbonyl (C=O) groups is 2. The van der Waals surface area contributed by atoms with E-state index in [2.05, 4.69) is 0 Å². The van der Waals surface area contributed by atoms with Gasteiger partial charge >= 0.3 is 5.63 Å². The number of nitrogens with zero attached hydrogens (tertiary/aromatic N) is 1. The molecule has 6 heteroatoms. The molecule has 0 aliphatic rings. The number of rotatable bonds is 2. The van der Waals surface area contributed by atoms with E-state index in [4.69, 9.17) is 4.42 Å². The van der Waals surface area contributed by atoms with Crippen LogP contribution in [0.2, 0.25) is 0 Å². The van der Waals surface area contributed by atoms with Crippen LogP contribution >= 0.6 is 11.3 Å². The van der Waals surface area contributed by atoms with Crippen LogP contribution in [0.15, 0.2) is 32.8 Å². The maximum Gasteiger partial charge on any atom is 0.361 e. The number of imide groups is 1. The van der Waals surface area contributed by atoms with E-state index in [1.54, 1.807) is 13.0 Å². The molecule has 0 N–H and O–H groups in total. The zero-order valence-corrected chi connectivity index (χ0v) is 12.1. The summed E-state index contributed by atoms with van der Waals surface area (Å²) in [5, 5.41) is 1.87. The Morgan fingerprint density at radius 1 is 1.25 bits per heavy atom. The van der Waals surface area contributed by atoms with Gasteiger partial charge in [0.25, 0.3) is 0 Å². The van der Waals surface area contributed by atoms with E-state index in [1.807, 2.05) is 17.5 Å². The third-order valence-electron chi connectivity index (χ3n) is 2.73. The van der Waals surface area contributed by atoms with Gasteiger partial charge in [-0.25, -0.2) is 9.69 Å². The van der Waals surface area contributed by atoms with E-state index in [1.165, 1.54) is 25.2 Å². The molecule has 0 aromatic carbocycles. The van der Waals surface area contributed by atoms with Crippen molar-refractivity contribution in [2.24, 2.45) is 0 Å². The highest BCUT2D eigenvalue weighted by Gasteiger charge is 2.23. The van der Waals surface area contributed by atoms with Gasteiger partial charge in [-0.3, -0.25) is 9.59 Å². The third kappa shape index (κ3) is 2.55. The lowest BCUT2D eigenvalue weighted by Crippen LogP contribution is -2.37. The molecule has 0 bridgehead atoms. The Bertz CT molecular complexity index is 701. The SMILES string of the molecule is CC(=O)N(C(C)=O)c1c(C)cc(-c2cccs2)oc1=O. The summed E-state index contributed by atoms with van der Waals surface area (Å²) >= 11 is 1.44. The normalized spacial score (nSPS) is 10.3. The first-order valence-electron chi connectivity index (χ1n) is 5.91. The van der Waals surface area contributed by atoms with Crippen molar-refractivity contribution in [3.63, 3.8) is 0 Å². The molecule has 104 valence electrons. The Hall–Kier alpha value is -2.21. The summed E-state index contributed by atoms with van der Waals surface area (Å²) in [7, 11) is 0. The molecule has 0 atom stereocenters. The number of anilines is 1. The van der Waals surface area contributed by atoms with E-state index in [0.29, 0.717) is 11.3 Å². The number of thiophene rings is 1. The molecule has 2 rings (SSSR count). The van der Waals surface area contributed by atoms with Gasteiger partial charge in [-0.1, -0.05) is 6.07 Å². The summed E-state index contributed by atoms with van der Waals surface area (Å²) in [4.78, 5) is 36.8. The second kappa shape index (κ2) is 5.42. The van der Waals surface area contributed by atoms with E-state index in [0.717, 1.165) is 9.78 Å². The number of amides is 2. The van der Waals surface area contributed by atoms with Gasteiger partial charge in [0.05, 0.1) is 4.88 Å². The first-order valence-corrected chi connectivity index (χ1v) is 6.79. The highest BCUT2D eigenvalue weighted by molar-refractivity contribution is 7.13. The van der Waals surface area contributed by atoms with Crippen molar-refractivity contribution in [3.05, 3.63) is 39.6 Å². The van der Waals surface area contributed by atoms with Gasteiger partial charge in [0.15, 0.2) is 0 Å². The van der Waals surface area contributed by atoms with Crippen LogP contribution in [0.4, 0.5) is 5.69 Å². The Morgan fingerprint density at radius 3 is 2.35 bits per heavy atom. The lowest BCUT2D eigenvalue weighted by atomic mass is 10.2. The summed E-state index contributed by atoms with van der Waals surface area (Å²) in [5.41, 5.74) is -0.195. The van der Waals surface area contributed by atoms with Crippen LogP contribution in [0, 0.1) is 6.92 Å². The molecule has 0 aliphatic carbocycles. The summed E-state index contributed by atoms with van der Waals surface area (Å²) < 4.78 is 5.22. The Kier molecular flexibility index (Phi) is 3.85. The smallest absolute Gasteiger partial charge is 0.361 e. The van der Waals surface area contributed by atoms with Crippen molar-refractivity contribution in [3.8, 4) is 10.6 Å². The van der Waals surface area contributed by atoms with Crippen molar-refractivity contribution in [2.75, 3.05) is 4.90 Å². The average Bonchev–Trinajstić information content (AvgIpc) is 2.85. The molecule has 0 unspecified atom stereocenters. The van der Waals surface area contributed by atoms with Gasteiger partial charge < -0.3 is 4.42 Å². The first-order chi connectivity index (χ1) is 9.41. The highest BCUT2D eigenvalue weighted by atomic mass is 32.1. The Labute approximate surface area is 119 Å². The van der Waals surface area contributed by atoms with E-state index >= 15 is 0 Å². The van der Waals surface area contributed by atoms with Crippen LogP contribution < -0.4 is 10.5 Å². The van der Waals surface area contributed by atoms with Crippen LogP contribution in [0.1, 0.15) is 19.4 Å². The van der Waals surface area contributed by atoms with Crippen LogP contribution in [-0.4, -0.2) is 11.8 Å². The lowest BCUT2D eigenvalue weighted by molar-refractivity contribution is -0.124. The average molecular weight is 291 g/mol. The molecule has 2 amide bonds. The van der Waals surface area contributed by atoms with Crippen LogP contribution in [0.5, 0.6) is 0 Å². The minimum absolute atomic E-state index is 0.0229. The second-order valence-corrected chi connectivity index (χ2v) is 5.23. The standard InChI is InChI=1S/C14H13NO4S/c1-8-7-11(12-5-4-6-20-12)19-14(18)13(8)15(9(2)16)10(3)17/h4-7H,1-3H3. The van der Waals surface area contributed by atoms with Crippen LogP contribution in [0.25, 0.3) is 10.6 Å². The molecular weight excluding hydrogens is 278 g/mol. The number of hydrogen-bond acceptors (Lipinski definition) is 5. The van der Waals surface area contributed by atoms with Crippen LogP contribution in [0.3, 0.4) is 0 Å². The van der Waals surface area contributed by atoms with Crippen molar-refractivity contribution in [1.29, 1.82) is 0 Å². The van der Waals surface area contributed by atoms with E-state index < -0.39 is 17.4 Å². The zero-order valence-electron chi connectivity index (χ0n) is 11.3. The quantitative estimate of drug-likeness (QED) is 0.853. The van der Waals surface area contributed by atoms with E-state index in [-0.39, 0.29) is 5.69 Å². The molecule has 2 heterocycles. The third-order valence-corrected chi connectivity index (χ3v) is 3.62. The van der Waals surface area contributed by atoms with E-state index in [9.17, 15) is 14.4 Å². The fourth-order valence-electron chi connectivity index (χ4n) is 1.95. The van der Waals surface area contributed by atoms with Gasteiger partial charge in [0.2, 0.25) is 11.8 Å². The second-order valence-electron chi connectivity index (χ2n) is 4.28. The number of carbonyl (C=O) groups excluding carboxylic acids is 2. The van der Waals surface area contributed by atoms with Crippen molar-refractivity contribution in [2.45, 2.75) is 20.8 Å². The fourth-order valence-corrected chi connectivity index (χ4v) is 2.63. The van der Waals surface area contributed by atoms with Crippen molar-refractivity contribution < 1.29 is 14.0 Å². The monoisotopic (exact) mass is 291 g/mol. The molecular formula is C14H13NO4S. The highest BCUT2D eigenvalue weighted by Crippen LogP contribution is 2.27.